The predicted molar refractivity (Wildman–Crippen MR) is 115 cm³/mol. The molecule has 4 nitrogen and oxygen atoms in total. The van der Waals surface area contributed by atoms with Gasteiger partial charge in [-0.15, -0.1) is 0 Å². The van der Waals surface area contributed by atoms with E-state index in [-0.39, 0.29) is 0 Å². The fourth-order valence-corrected chi connectivity index (χ4v) is 3.93. The van der Waals surface area contributed by atoms with Gasteiger partial charge in [0.05, 0.1) is 19.4 Å². The molecule has 0 saturated carbocycles. The van der Waals surface area contributed by atoms with Crippen molar-refractivity contribution in [2.75, 3.05) is 13.7 Å². The maximum absolute atomic E-state index is 9.97. The molecule has 2 aromatic carbocycles. The molecule has 0 fully saturated rings. The molecule has 3 aromatic rings. The van der Waals surface area contributed by atoms with Crippen LogP contribution in [0.5, 0.6) is 11.6 Å². The number of benzene rings is 2. The van der Waals surface area contributed by atoms with Crippen LogP contribution in [0.1, 0.15) is 30.0 Å². The number of nitriles is 1. The van der Waals surface area contributed by atoms with Gasteiger partial charge in [-0.3, -0.25) is 0 Å². The molecule has 0 radical (unpaired) electrons. The Bertz CT molecular complexity index is 1100. The topological polar surface area (TPSA) is 55.1 Å². The summed E-state index contributed by atoms with van der Waals surface area (Å²) in [6.45, 7) is 2.54. The molecule has 1 aliphatic rings. The molecular weight excluding hydrogens is 384 g/mol. The van der Waals surface area contributed by atoms with Gasteiger partial charge < -0.3 is 9.47 Å². The summed E-state index contributed by atoms with van der Waals surface area (Å²) in [6, 6.07) is 16.0. The zero-order chi connectivity index (χ0) is 20.4. The second-order valence-corrected chi connectivity index (χ2v) is 7.42. The van der Waals surface area contributed by atoms with E-state index < -0.39 is 0 Å². The van der Waals surface area contributed by atoms with Crippen LogP contribution in [0.4, 0.5) is 0 Å². The highest BCUT2D eigenvalue weighted by atomic mass is 35.5. The Morgan fingerprint density at radius 2 is 1.93 bits per heavy atom. The van der Waals surface area contributed by atoms with E-state index in [1.807, 2.05) is 43.3 Å². The van der Waals surface area contributed by atoms with E-state index in [9.17, 15) is 5.26 Å². The van der Waals surface area contributed by atoms with Gasteiger partial charge in [0, 0.05) is 16.1 Å². The van der Waals surface area contributed by atoms with Crippen molar-refractivity contribution in [2.45, 2.75) is 26.2 Å². The number of fused-ring (bicyclic) bond motifs is 3. The van der Waals surface area contributed by atoms with E-state index in [0.717, 1.165) is 53.0 Å². The van der Waals surface area contributed by atoms with Gasteiger partial charge in [0.15, 0.2) is 0 Å². The Kier molecular flexibility index (Phi) is 5.42. The first kappa shape index (κ1) is 19.3. The van der Waals surface area contributed by atoms with Crippen LogP contribution in [0.25, 0.3) is 22.4 Å². The quantitative estimate of drug-likeness (QED) is 0.536. The Hall–Kier alpha value is -3.03. The normalized spacial score (nSPS) is 11.9. The lowest BCUT2D eigenvalue weighted by atomic mass is 9.83. The number of halogens is 1. The lowest BCUT2D eigenvalue weighted by Crippen LogP contribution is -2.12. The summed E-state index contributed by atoms with van der Waals surface area (Å²) in [5.41, 5.74) is 6.53. The molecule has 0 spiro atoms. The van der Waals surface area contributed by atoms with E-state index in [1.54, 1.807) is 7.11 Å². The fourth-order valence-electron chi connectivity index (χ4n) is 3.80. The molecule has 1 aliphatic carbocycles. The third-order valence-electron chi connectivity index (χ3n) is 5.16. The summed E-state index contributed by atoms with van der Waals surface area (Å²) < 4.78 is 11.3. The van der Waals surface area contributed by atoms with E-state index in [2.05, 4.69) is 12.1 Å². The van der Waals surface area contributed by atoms with E-state index >= 15 is 0 Å². The average molecular weight is 405 g/mol. The maximum atomic E-state index is 9.97. The van der Waals surface area contributed by atoms with Gasteiger partial charge in [0.1, 0.15) is 17.4 Å². The first-order chi connectivity index (χ1) is 14.2. The summed E-state index contributed by atoms with van der Waals surface area (Å²) in [5.74, 6) is 1.22. The number of hydrogen-bond acceptors (Lipinski definition) is 4. The monoisotopic (exact) mass is 404 g/mol. The standard InChI is InChI=1S/C24H21ClN2O2/c1-3-12-29-24-21(14-26)22(15-4-7-17(25)8-5-15)20-10-6-16-13-18(28-2)9-11-19(16)23(20)27-24/h4-5,7-9,11,13H,3,6,10,12H2,1-2H3. The smallest absolute Gasteiger partial charge is 0.232 e. The molecule has 0 amide bonds. The van der Waals surface area contributed by atoms with Crippen LogP contribution in [0, 0.1) is 11.3 Å². The fraction of sp³-hybridized carbons (Fsp3) is 0.250. The summed E-state index contributed by atoms with van der Waals surface area (Å²) in [5, 5.41) is 10.6. The first-order valence-electron chi connectivity index (χ1n) is 9.69. The van der Waals surface area contributed by atoms with Crippen molar-refractivity contribution in [3.8, 4) is 40.1 Å². The highest BCUT2D eigenvalue weighted by Gasteiger charge is 2.27. The Morgan fingerprint density at radius 3 is 2.62 bits per heavy atom. The molecule has 4 rings (SSSR count). The van der Waals surface area contributed by atoms with Gasteiger partial charge in [0.25, 0.3) is 0 Å². The van der Waals surface area contributed by atoms with E-state index in [1.165, 1.54) is 5.56 Å². The number of hydrogen-bond donors (Lipinski definition) is 0. The van der Waals surface area contributed by atoms with E-state index in [4.69, 9.17) is 26.1 Å². The third-order valence-corrected chi connectivity index (χ3v) is 5.42. The van der Waals surface area contributed by atoms with Crippen molar-refractivity contribution >= 4 is 11.6 Å². The largest absolute Gasteiger partial charge is 0.497 e. The van der Waals surface area contributed by atoms with Crippen LogP contribution in [0.15, 0.2) is 42.5 Å². The lowest BCUT2D eigenvalue weighted by Gasteiger charge is -2.24. The zero-order valence-corrected chi connectivity index (χ0v) is 17.2. The van der Waals surface area contributed by atoms with Crippen LogP contribution >= 0.6 is 11.6 Å². The van der Waals surface area contributed by atoms with Crippen LogP contribution in [-0.4, -0.2) is 18.7 Å². The summed E-state index contributed by atoms with van der Waals surface area (Å²) in [7, 11) is 1.67. The van der Waals surface area contributed by atoms with E-state index in [0.29, 0.717) is 23.1 Å². The second-order valence-electron chi connectivity index (χ2n) is 6.98. The molecule has 0 bridgehead atoms. The Balaban J connectivity index is 1.99. The van der Waals surface area contributed by atoms with Gasteiger partial charge in [0.2, 0.25) is 5.88 Å². The number of aromatic nitrogens is 1. The minimum Gasteiger partial charge on any atom is -0.497 e. The van der Waals surface area contributed by atoms with Gasteiger partial charge in [-0.1, -0.05) is 30.7 Å². The molecule has 1 aromatic heterocycles. The minimum absolute atomic E-state index is 0.390. The summed E-state index contributed by atoms with van der Waals surface area (Å²) in [4.78, 5) is 4.81. The van der Waals surface area contributed by atoms with Gasteiger partial charge >= 0.3 is 0 Å². The maximum Gasteiger partial charge on any atom is 0.232 e. The van der Waals surface area contributed by atoms with Gasteiger partial charge in [-0.25, -0.2) is 4.98 Å². The summed E-state index contributed by atoms with van der Waals surface area (Å²) >= 11 is 6.10. The Labute approximate surface area is 175 Å². The number of pyridine rings is 1. The van der Waals surface area contributed by atoms with Crippen LogP contribution < -0.4 is 9.47 Å². The van der Waals surface area contributed by atoms with Crippen molar-refractivity contribution in [1.29, 1.82) is 5.26 Å². The molecule has 0 unspecified atom stereocenters. The number of nitrogens with zero attached hydrogens (tertiary/aromatic N) is 2. The molecular formula is C24H21ClN2O2. The molecule has 0 N–H and O–H groups in total. The van der Waals surface area contributed by atoms with Crippen molar-refractivity contribution in [3.63, 3.8) is 0 Å². The molecule has 0 saturated heterocycles. The van der Waals surface area contributed by atoms with Crippen molar-refractivity contribution < 1.29 is 9.47 Å². The lowest BCUT2D eigenvalue weighted by molar-refractivity contribution is 0.304. The Morgan fingerprint density at radius 1 is 1.14 bits per heavy atom. The average Bonchev–Trinajstić information content (AvgIpc) is 2.76. The molecule has 1 heterocycles. The van der Waals surface area contributed by atoms with Crippen LogP contribution in [0.3, 0.4) is 0 Å². The zero-order valence-electron chi connectivity index (χ0n) is 16.5. The highest BCUT2D eigenvalue weighted by molar-refractivity contribution is 6.30. The molecule has 29 heavy (non-hydrogen) atoms. The van der Waals surface area contributed by atoms with Crippen LogP contribution in [-0.2, 0) is 12.8 Å². The van der Waals surface area contributed by atoms with Crippen LogP contribution in [0.2, 0.25) is 5.02 Å². The second kappa shape index (κ2) is 8.14. The number of rotatable bonds is 5. The van der Waals surface area contributed by atoms with Crippen molar-refractivity contribution in [1.82, 2.24) is 4.98 Å². The summed E-state index contributed by atoms with van der Waals surface area (Å²) in [6.07, 6.45) is 2.50. The number of ether oxygens (including phenoxy) is 2. The molecule has 146 valence electrons. The first-order valence-corrected chi connectivity index (χ1v) is 10.1. The third kappa shape index (κ3) is 3.54. The minimum atomic E-state index is 0.390. The molecule has 0 aliphatic heterocycles. The van der Waals surface area contributed by atoms with Gasteiger partial charge in [-0.2, -0.15) is 5.26 Å². The predicted octanol–water partition coefficient (Wildman–Crippen LogP) is 5.84. The van der Waals surface area contributed by atoms with Gasteiger partial charge in [-0.05, 0) is 66.3 Å². The molecule has 0 atom stereocenters. The number of aryl methyl sites for hydroxylation is 1. The van der Waals surface area contributed by atoms with Crippen molar-refractivity contribution in [2.24, 2.45) is 0 Å². The highest BCUT2D eigenvalue weighted by Crippen LogP contribution is 2.43. The van der Waals surface area contributed by atoms with Crippen molar-refractivity contribution in [3.05, 3.63) is 64.2 Å². The molecule has 5 heteroatoms. The SMILES string of the molecule is CCCOc1nc2c(c(-c3ccc(Cl)cc3)c1C#N)CCc1cc(OC)ccc1-2. The number of methoxy groups -OCH3 is 1.